The van der Waals surface area contributed by atoms with Crippen LogP contribution in [0.1, 0.15) is 55.8 Å². The molecular weight excluding hydrogens is 527 g/mol. The number of fused-ring (bicyclic) bond motifs is 2. The largest absolute Gasteiger partial charge is 0.439 e. The van der Waals surface area contributed by atoms with Crippen LogP contribution in [0.3, 0.4) is 0 Å². The van der Waals surface area contributed by atoms with Gasteiger partial charge < -0.3 is 14.2 Å². The monoisotopic (exact) mass is 552 g/mol. The van der Waals surface area contributed by atoms with Crippen molar-refractivity contribution in [3.05, 3.63) is 74.4 Å². The van der Waals surface area contributed by atoms with Crippen molar-refractivity contribution < 1.29 is 13.8 Å². The molecule has 10 heteroatoms. The van der Waals surface area contributed by atoms with Crippen LogP contribution in [0, 0.1) is 0 Å². The van der Waals surface area contributed by atoms with E-state index in [0.717, 1.165) is 55.4 Å². The van der Waals surface area contributed by atoms with E-state index in [1.807, 2.05) is 30.3 Å². The summed E-state index contributed by atoms with van der Waals surface area (Å²) in [6, 6.07) is 14.4. The van der Waals surface area contributed by atoms with E-state index in [4.69, 9.17) is 32.5 Å². The molecule has 4 heterocycles. The Hall–Kier alpha value is -3.07. The quantitative estimate of drug-likeness (QED) is 0.276. The summed E-state index contributed by atoms with van der Waals surface area (Å²) in [7, 11) is 0. The van der Waals surface area contributed by atoms with E-state index in [2.05, 4.69) is 36.9 Å². The molecule has 1 saturated carbocycles. The fraction of sp³-hybridized carbons (Fsp3) is 0.393. The number of H-pyrrole nitrogens is 1. The molecule has 2 aromatic heterocycles. The lowest BCUT2D eigenvalue weighted by Crippen LogP contribution is -2.45. The summed E-state index contributed by atoms with van der Waals surface area (Å²) in [6.07, 6.45) is 6.56. The first-order valence-electron chi connectivity index (χ1n) is 13.0. The number of benzene rings is 2. The van der Waals surface area contributed by atoms with Crippen molar-refractivity contribution in [2.45, 2.75) is 69.2 Å². The van der Waals surface area contributed by atoms with Gasteiger partial charge in [-0.3, -0.25) is 9.51 Å². The molecule has 0 radical (unpaired) electrons. The summed E-state index contributed by atoms with van der Waals surface area (Å²) in [5.74, 6) is 1.19. The number of rotatable bonds is 7. The van der Waals surface area contributed by atoms with Crippen LogP contribution >= 0.6 is 23.2 Å². The zero-order chi connectivity index (χ0) is 25.8. The molecule has 2 aromatic carbocycles. The minimum Gasteiger partial charge on any atom is -0.373 e. The molecule has 8 nitrogen and oxygen atoms in total. The van der Waals surface area contributed by atoms with Crippen molar-refractivity contribution in [3.8, 4) is 22.6 Å². The molecule has 0 spiro atoms. The number of nitrogens with zero attached hydrogens (tertiary/aromatic N) is 3. The first-order chi connectivity index (χ1) is 18.5. The minimum atomic E-state index is -0.554. The van der Waals surface area contributed by atoms with E-state index in [-0.39, 0.29) is 6.10 Å². The topological polar surface area (TPSA) is 97.4 Å². The summed E-state index contributed by atoms with van der Waals surface area (Å²) in [4.78, 5) is 16.4. The molecule has 3 aliphatic rings. The van der Waals surface area contributed by atoms with Crippen LogP contribution in [0.4, 0.5) is 5.69 Å². The Labute approximate surface area is 228 Å². The highest BCUT2D eigenvalue weighted by Crippen LogP contribution is 2.47. The van der Waals surface area contributed by atoms with E-state index in [1.165, 1.54) is 5.69 Å². The summed E-state index contributed by atoms with van der Waals surface area (Å²) in [5.41, 5.74) is 4.37. The van der Waals surface area contributed by atoms with Crippen molar-refractivity contribution >= 4 is 28.9 Å². The number of anilines is 1. The average molecular weight is 553 g/mol. The molecule has 3 atom stereocenters. The van der Waals surface area contributed by atoms with Crippen molar-refractivity contribution in [1.82, 2.24) is 15.3 Å². The maximum atomic E-state index is 11.3. The van der Waals surface area contributed by atoms with Crippen LogP contribution in [0.2, 0.25) is 10.0 Å². The molecule has 38 heavy (non-hydrogen) atoms. The molecule has 2 saturated heterocycles. The van der Waals surface area contributed by atoms with Gasteiger partial charge in [-0.05, 0) is 74.9 Å². The highest BCUT2D eigenvalue weighted by Gasteiger charge is 2.42. The van der Waals surface area contributed by atoms with Gasteiger partial charge in [0.05, 0.1) is 22.8 Å². The maximum Gasteiger partial charge on any atom is 0.439 e. The lowest BCUT2D eigenvalue weighted by molar-refractivity contribution is 0.0147. The zero-order valence-electron chi connectivity index (χ0n) is 20.5. The number of hydrogen-bond donors (Lipinski definition) is 1. The van der Waals surface area contributed by atoms with Crippen LogP contribution in [0.5, 0.6) is 0 Å². The molecule has 196 valence electrons. The number of aromatic amines is 1. The number of nitrogens with one attached hydrogen (secondary N) is 1. The second kappa shape index (κ2) is 9.59. The summed E-state index contributed by atoms with van der Waals surface area (Å²) >= 11 is 13.0. The van der Waals surface area contributed by atoms with Crippen LogP contribution < -0.4 is 10.7 Å². The Morgan fingerprint density at radius 1 is 0.947 bits per heavy atom. The Kier molecular flexibility index (Phi) is 6.06. The standard InChI is InChI=1S/C28H26Cl2N4O4/c29-22-2-1-3-23(30)24(22)25-21(26(37-32-25)15-4-5-15)14-36-20-12-18-10-11-19(13-20)34(18)17-8-6-16(7-9-17)27-31-28(35)38-33-27/h1-3,6-9,15,18-20H,4-5,10-14H2,(H,31,33,35)/t18-,19+,20?. The van der Waals surface area contributed by atoms with E-state index in [1.54, 1.807) is 0 Å². The van der Waals surface area contributed by atoms with Gasteiger partial charge >= 0.3 is 5.76 Å². The molecule has 0 amide bonds. The van der Waals surface area contributed by atoms with Gasteiger partial charge in [0, 0.05) is 40.4 Å². The number of aromatic nitrogens is 3. The van der Waals surface area contributed by atoms with Gasteiger partial charge in [0.1, 0.15) is 11.5 Å². The molecule has 1 aliphatic carbocycles. The second-order valence-electron chi connectivity index (χ2n) is 10.4. The highest BCUT2D eigenvalue weighted by atomic mass is 35.5. The highest BCUT2D eigenvalue weighted by molar-refractivity contribution is 6.39. The fourth-order valence-corrected chi connectivity index (χ4v) is 6.66. The van der Waals surface area contributed by atoms with Gasteiger partial charge in [-0.25, -0.2) is 4.79 Å². The smallest absolute Gasteiger partial charge is 0.373 e. The molecule has 1 N–H and O–H groups in total. The van der Waals surface area contributed by atoms with Crippen molar-refractivity contribution in [2.75, 3.05) is 4.90 Å². The van der Waals surface area contributed by atoms with E-state index >= 15 is 0 Å². The Bertz CT molecular complexity index is 1490. The van der Waals surface area contributed by atoms with E-state index in [0.29, 0.717) is 51.7 Å². The lowest BCUT2D eigenvalue weighted by Gasteiger charge is -2.40. The van der Waals surface area contributed by atoms with E-state index < -0.39 is 5.76 Å². The fourth-order valence-electron chi connectivity index (χ4n) is 6.08. The first kappa shape index (κ1) is 24.0. The Balaban J connectivity index is 1.07. The third kappa shape index (κ3) is 4.34. The Morgan fingerprint density at radius 3 is 2.29 bits per heavy atom. The summed E-state index contributed by atoms with van der Waals surface area (Å²) in [6.45, 7) is 0.431. The molecule has 1 unspecified atom stereocenters. The average Bonchev–Trinajstić information content (AvgIpc) is 3.44. The van der Waals surface area contributed by atoms with Gasteiger partial charge in [-0.15, -0.1) is 0 Å². The van der Waals surface area contributed by atoms with E-state index in [9.17, 15) is 4.79 Å². The van der Waals surface area contributed by atoms with Crippen molar-refractivity contribution in [3.63, 3.8) is 0 Å². The van der Waals surface area contributed by atoms with Crippen molar-refractivity contribution in [2.24, 2.45) is 0 Å². The molecular formula is C28H26Cl2N4O4. The first-order valence-corrected chi connectivity index (χ1v) is 13.8. The van der Waals surface area contributed by atoms with Crippen molar-refractivity contribution in [1.29, 1.82) is 0 Å². The molecule has 4 aromatic rings. The van der Waals surface area contributed by atoms with Gasteiger partial charge in [-0.2, -0.15) is 0 Å². The van der Waals surface area contributed by atoms with Crippen LogP contribution in [-0.4, -0.2) is 33.5 Å². The molecule has 2 aliphatic heterocycles. The predicted octanol–water partition coefficient (Wildman–Crippen LogP) is 6.59. The summed E-state index contributed by atoms with van der Waals surface area (Å²) < 4.78 is 17.0. The normalized spacial score (nSPS) is 22.8. The van der Waals surface area contributed by atoms with Crippen LogP contribution in [0.25, 0.3) is 22.6 Å². The predicted molar refractivity (Wildman–Crippen MR) is 144 cm³/mol. The number of piperidine rings is 1. The zero-order valence-corrected chi connectivity index (χ0v) is 22.0. The second-order valence-corrected chi connectivity index (χ2v) is 11.2. The van der Waals surface area contributed by atoms with Gasteiger partial charge in [0.2, 0.25) is 0 Å². The SMILES string of the molecule is O=c1[nH]c(-c2ccc(N3[C@@H]4CC[C@H]3CC(OCc3c(-c5c(Cl)cccc5Cl)noc3C3CC3)C4)cc2)no1. The Morgan fingerprint density at radius 2 is 1.66 bits per heavy atom. The third-order valence-corrected chi connectivity index (χ3v) is 8.63. The number of ether oxygens (including phenoxy) is 1. The minimum absolute atomic E-state index is 0.153. The van der Waals surface area contributed by atoms with Crippen LogP contribution in [0.15, 0.2) is 56.3 Å². The number of hydrogen-bond acceptors (Lipinski definition) is 7. The van der Waals surface area contributed by atoms with Gasteiger partial charge in [0.15, 0.2) is 5.82 Å². The van der Waals surface area contributed by atoms with Crippen LogP contribution in [-0.2, 0) is 11.3 Å². The maximum absolute atomic E-state index is 11.3. The van der Waals surface area contributed by atoms with Gasteiger partial charge in [-0.1, -0.05) is 39.6 Å². The lowest BCUT2D eigenvalue weighted by atomic mass is 9.98. The third-order valence-electron chi connectivity index (χ3n) is 8.00. The summed E-state index contributed by atoms with van der Waals surface area (Å²) in [5, 5.41) is 9.29. The number of halogens is 2. The molecule has 3 fully saturated rings. The molecule has 2 bridgehead atoms. The molecule has 7 rings (SSSR count). The van der Waals surface area contributed by atoms with Gasteiger partial charge in [0.25, 0.3) is 0 Å².